The van der Waals surface area contributed by atoms with Gasteiger partial charge in [0.05, 0.1) is 12.8 Å². The second-order valence-electron chi connectivity index (χ2n) is 4.38. The van der Waals surface area contributed by atoms with E-state index in [1.54, 1.807) is 0 Å². The van der Waals surface area contributed by atoms with E-state index in [2.05, 4.69) is 0 Å². The molecule has 0 bridgehead atoms. The van der Waals surface area contributed by atoms with E-state index >= 15 is 0 Å². The van der Waals surface area contributed by atoms with E-state index in [4.69, 9.17) is 4.74 Å². The van der Waals surface area contributed by atoms with E-state index in [0.717, 1.165) is 17.8 Å². The fourth-order valence-electron chi connectivity index (χ4n) is 2.17. The van der Waals surface area contributed by atoms with Gasteiger partial charge in [-0.05, 0) is 0 Å². The molecular weight excluding hydrogens is 288 g/mol. The summed E-state index contributed by atoms with van der Waals surface area (Å²) in [6.45, 7) is 1.64. The van der Waals surface area contributed by atoms with Gasteiger partial charge in [0.15, 0.2) is 16.7 Å². The molecule has 1 amide bonds. The molecule has 20 heavy (non-hydrogen) atoms. The van der Waals surface area contributed by atoms with E-state index in [9.17, 15) is 18.4 Å². The smallest absolute Gasteiger partial charge is 0.228 e. The van der Waals surface area contributed by atoms with Crippen molar-refractivity contribution >= 4 is 28.5 Å². The van der Waals surface area contributed by atoms with Crippen LogP contribution >= 0.6 is 11.8 Å². The third-order valence-corrected chi connectivity index (χ3v) is 3.89. The molecule has 4 nitrogen and oxygen atoms in total. The molecular formula is C13H13F2NO3S. The minimum absolute atomic E-state index is 0.0571. The highest BCUT2D eigenvalue weighted by molar-refractivity contribution is 8.14. The van der Waals surface area contributed by atoms with Crippen LogP contribution in [-0.4, -0.2) is 29.9 Å². The van der Waals surface area contributed by atoms with Crippen LogP contribution in [0.25, 0.3) is 0 Å². The highest BCUT2D eigenvalue weighted by atomic mass is 32.2. The maximum Gasteiger partial charge on any atom is 0.228 e. The van der Waals surface area contributed by atoms with Gasteiger partial charge >= 0.3 is 0 Å². The normalized spacial score (nSPS) is 18.5. The lowest BCUT2D eigenvalue weighted by Gasteiger charge is -2.19. The summed E-state index contributed by atoms with van der Waals surface area (Å²) in [6.07, 6.45) is 0.158. The molecule has 0 radical (unpaired) electrons. The maximum atomic E-state index is 13.6. The van der Waals surface area contributed by atoms with Gasteiger partial charge in [0.2, 0.25) is 5.91 Å². The molecule has 1 aliphatic heterocycles. The average Bonchev–Trinajstić information content (AvgIpc) is 2.68. The van der Waals surface area contributed by atoms with Crippen molar-refractivity contribution in [2.45, 2.75) is 18.6 Å². The number of benzene rings is 1. The molecule has 1 fully saturated rings. The van der Waals surface area contributed by atoms with E-state index in [1.165, 1.54) is 18.9 Å². The predicted octanol–water partition coefficient (Wildman–Crippen LogP) is 2.36. The van der Waals surface area contributed by atoms with Crippen molar-refractivity contribution in [3.63, 3.8) is 0 Å². The number of rotatable bonds is 3. The quantitative estimate of drug-likeness (QED) is 0.860. The predicted molar refractivity (Wildman–Crippen MR) is 71.9 cm³/mol. The number of carbonyl (C=O) groups excluding carboxylic acids is 2. The van der Waals surface area contributed by atoms with Crippen molar-refractivity contribution in [3.8, 4) is 5.75 Å². The molecule has 1 aliphatic rings. The zero-order valence-electron chi connectivity index (χ0n) is 11.0. The Morgan fingerprint density at radius 2 is 2.15 bits per heavy atom. The lowest BCUT2D eigenvalue weighted by molar-refractivity contribution is -0.117. The number of halogens is 2. The second-order valence-corrected chi connectivity index (χ2v) is 5.86. The molecule has 1 aromatic carbocycles. The van der Waals surface area contributed by atoms with Gasteiger partial charge in [0.25, 0.3) is 0 Å². The third-order valence-electron chi connectivity index (χ3n) is 2.91. The minimum Gasteiger partial charge on any atom is -0.492 e. The molecule has 1 atom stereocenters. The van der Waals surface area contributed by atoms with Gasteiger partial charge in [-0.15, -0.1) is 0 Å². The lowest BCUT2D eigenvalue weighted by atomic mass is 10.2. The van der Waals surface area contributed by atoms with Crippen molar-refractivity contribution in [2.24, 2.45) is 0 Å². The molecule has 108 valence electrons. The van der Waals surface area contributed by atoms with Crippen LogP contribution in [0.4, 0.5) is 14.5 Å². The summed E-state index contributed by atoms with van der Waals surface area (Å²) in [7, 11) is 1.25. The average molecular weight is 301 g/mol. The molecule has 0 aliphatic carbocycles. The van der Waals surface area contributed by atoms with Gasteiger partial charge in [-0.2, -0.15) is 0 Å². The van der Waals surface area contributed by atoms with Crippen LogP contribution in [0, 0.1) is 11.6 Å². The molecule has 0 saturated carbocycles. The van der Waals surface area contributed by atoms with E-state index in [0.29, 0.717) is 6.07 Å². The largest absolute Gasteiger partial charge is 0.492 e. The fraction of sp³-hybridized carbons (Fsp3) is 0.385. The lowest BCUT2D eigenvalue weighted by Crippen LogP contribution is -2.26. The molecule has 1 heterocycles. The molecule has 0 spiro atoms. The topological polar surface area (TPSA) is 46.6 Å². The van der Waals surface area contributed by atoms with E-state index < -0.39 is 11.6 Å². The number of ether oxygens (including phenoxy) is 1. The second kappa shape index (κ2) is 5.78. The monoisotopic (exact) mass is 301 g/mol. The van der Waals surface area contributed by atoms with Crippen molar-refractivity contribution in [3.05, 3.63) is 23.8 Å². The summed E-state index contributed by atoms with van der Waals surface area (Å²) >= 11 is 1.06. The molecule has 1 aromatic rings. The first-order chi connectivity index (χ1) is 9.42. The van der Waals surface area contributed by atoms with Crippen LogP contribution < -0.4 is 9.64 Å². The van der Waals surface area contributed by atoms with Crippen molar-refractivity contribution in [1.82, 2.24) is 0 Å². The summed E-state index contributed by atoms with van der Waals surface area (Å²) in [5.41, 5.74) is 0.0571. The van der Waals surface area contributed by atoms with Crippen LogP contribution in [0.15, 0.2) is 12.1 Å². The minimum atomic E-state index is -0.863. The van der Waals surface area contributed by atoms with Gasteiger partial charge in [0.1, 0.15) is 5.82 Å². The van der Waals surface area contributed by atoms with Gasteiger partial charge < -0.3 is 9.64 Å². The SMILES string of the molecule is COc1c(F)cc(F)cc1N1CC(SC(C)=O)CC1=O. The van der Waals surface area contributed by atoms with Gasteiger partial charge in [0, 0.05) is 37.3 Å². The number of methoxy groups -OCH3 is 1. The number of amides is 1. The summed E-state index contributed by atoms with van der Waals surface area (Å²) in [5.74, 6) is -2.10. The highest BCUT2D eigenvalue weighted by Gasteiger charge is 2.34. The van der Waals surface area contributed by atoms with Crippen LogP contribution in [0.2, 0.25) is 0 Å². The van der Waals surface area contributed by atoms with Crippen LogP contribution in [0.1, 0.15) is 13.3 Å². The highest BCUT2D eigenvalue weighted by Crippen LogP contribution is 2.36. The van der Waals surface area contributed by atoms with Gasteiger partial charge in [-0.3, -0.25) is 9.59 Å². The number of thioether (sulfide) groups is 1. The zero-order valence-corrected chi connectivity index (χ0v) is 11.8. The first-order valence-electron chi connectivity index (χ1n) is 5.93. The summed E-state index contributed by atoms with van der Waals surface area (Å²) in [5, 5.41) is -0.307. The van der Waals surface area contributed by atoms with Gasteiger partial charge in [-0.1, -0.05) is 11.8 Å². The van der Waals surface area contributed by atoms with Crippen molar-refractivity contribution < 1.29 is 23.1 Å². The summed E-state index contributed by atoms with van der Waals surface area (Å²) < 4.78 is 31.9. The Kier molecular flexibility index (Phi) is 4.27. The van der Waals surface area contributed by atoms with Gasteiger partial charge in [-0.25, -0.2) is 8.78 Å². The fourth-order valence-corrected chi connectivity index (χ4v) is 3.09. The Morgan fingerprint density at radius 3 is 2.75 bits per heavy atom. The Morgan fingerprint density at radius 1 is 1.45 bits per heavy atom. The van der Waals surface area contributed by atoms with Crippen molar-refractivity contribution in [1.29, 1.82) is 0 Å². The van der Waals surface area contributed by atoms with Crippen LogP contribution in [0.5, 0.6) is 5.75 Å². The Hall–Kier alpha value is -1.63. The Labute approximate surface area is 119 Å². The molecule has 1 unspecified atom stereocenters. The van der Waals surface area contributed by atoms with Crippen LogP contribution in [-0.2, 0) is 9.59 Å². The Bertz CT molecular complexity index is 565. The number of hydrogen-bond donors (Lipinski definition) is 0. The summed E-state index contributed by atoms with van der Waals surface area (Å²) in [6, 6.07) is 1.76. The molecule has 7 heteroatoms. The van der Waals surface area contributed by atoms with E-state index in [-0.39, 0.29) is 40.7 Å². The maximum absolute atomic E-state index is 13.6. The van der Waals surface area contributed by atoms with Crippen LogP contribution in [0.3, 0.4) is 0 Å². The molecule has 0 N–H and O–H groups in total. The number of hydrogen-bond acceptors (Lipinski definition) is 4. The molecule has 0 aromatic heterocycles. The third kappa shape index (κ3) is 2.92. The standard InChI is InChI=1S/C13H13F2NO3S/c1-7(17)20-9-5-12(18)16(6-9)11-4-8(14)3-10(15)13(11)19-2/h3-4,9H,5-6H2,1-2H3. The Balaban J connectivity index is 2.32. The number of carbonyl (C=O) groups is 2. The first-order valence-corrected chi connectivity index (χ1v) is 6.81. The zero-order chi connectivity index (χ0) is 14.9. The number of anilines is 1. The summed E-state index contributed by atoms with van der Waals surface area (Å²) in [4.78, 5) is 24.3. The molecule has 2 rings (SSSR count). The first kappa shape index (κ1) is 14.8. The molecule has 1 saturated heterocycles. The van der Waals surface area contributed by atoms with Crippen molar-refractivity contribution in [2.75, 3.05) is 18.6 Å². The van der Waals surface area contributed by atoms with E-state index in [1.807, 2.05) is 0 Å². The number of nitrogens with zero attached hydrogens (tertiary/aromatic N) is 1.